The number of rotatable bonds is 1. The first-order valence-electron chi connectivity index (χ1n) is 5.59. The molecule has 0 amide bonds. The molecule has 0 atom stereocenters. The van der Waals surface area contributed by atoms with Gasteiger partial charge in [0.05, 0.1) is 13.2 Å². The lowest BCUT2D eigenvalue weighted by molar-refractivity contribution is -0.650. The first-order valence-corrected chi connectivity index (χ1v) is 5.09. The summed E-state index contributed by atoms with van der Waals surface area (Å²) in [6, 6.07) is 5.67. The van der Waals surface area contributed by atoms with Crippen molar-refractivity contribution in [1.29, 1.82) is 0 Å². The summed E-state index contributed by atoms with van der Waals surface area (Å²) in [4.78, 5) is 11.1. The Kier molecular flexibility index (Phi) is 3.12. The average molecular weight is 207 g/mol. The topological polar surface area (TPSA) is 25.4 Å². The zero-order chi connectivity index (χ0) is 12.3. The third-order valence-electron chi connectivity index (χ3n) is 2.37. The molecule has 0 aliphatic carbocycles. The molecule has 15 heavy (non-hydrogen) atoms. The van der Waals surface area contributed by atoms with Crippen molar-refractivity contribution in [2.75, 3.05) is 0 Å². The zero-order valence-electron chi connectivity index (χ0n) is 10.6. The normalized spacial score (nSPS) is 10.5. The number of aldehydes is 1. The number of carbonyl (C=O) groups is 1. The highest BCUT2D eigenvalue weighted by Gasteiger charge is 2.17. The van der Waals surface area contributed by atoms with Crippen molar-refractivity contribution in [2.24, 2.45) is 7.05 Å². The van der Waals surface area contributed by atoms with Gasteiger partial charge < -0.3 is 0 Å². The van der Waals surface area contributed by atoms with Crippen LogP contribution in [0.3, 0.4) is 0 Å². The van der Waals surface area contributed by atoms with E-state index in [2.05, 4.69) is 0 Å². The van der Waals surface area contributed by atoms with Gasteiger partial charge >= 0.3 is 0 Å². The summed E-state index contributed by atoms with van der Waals surface area (Å²) in [6.45, 7) is 5.84. The SMILES string of the molecule is CC.[3H]C(=O)c1c(C)[n+](C)c2ccccn12. The maximum absolute atomic E-state index is 11.1. The summed E-state index contributed by atoms with van der Waals surface area (Å²) in [5, 5.41) is 0. The number of fused-ring (bicyclic) bond motifs is 1. The molecule has 2 heterocycles. The lowest BCUT2D eigenvalue weighted by Gasteiger charge is -1.86. The smallest absolute Gasteiger partial charge is 0.286 e. The van der Waals surface area contributed by atoms with Crippen LogP contribution < -0.4 is 4.57 Å². The molecule has 0 bridgehead atoms. The summed E-state index contributed by atoms with van der Waals surface area (Å²) in [6.07, 6.45) is 1.15. The lowest BCUT2D eigenvalue weighted by atomic mass is 10.4. The largest absolute Gasteiger partial charge is 0.294 e. The minimum absolute atomic E-state index is 0.433. The van der Waals surface area contributed by atoms with Crippen LogP contribution in [0.25, 0.3) is 5.65 Å². The Morgan fingerprint density at radius 1 is 1.47 bits per heavy atom. The molecule has 0 spiro atoms. The van der Waals surface area contributed by atoms with E-state index in [9.17, 15) is 4.79 Å². The molecule has 2 aromatic rings. The Labute approximate surface area is 91.4 Å². The molecule has 2 aromatic heterocycles. The van der Waals surface area contributed by atoms with E-state index < -0.39 is 6.26 Å². The molecule has 0 unspecified atom stereocenters. The minimum atomic E-state index is -0.649. The molecule has 0 aliphatic heterocycles. The number of carbonyl (C=O) groups excluding carboxylic acids is 1. The predicted molar refractivity (Wildman–Crippen MR) is 60.0 cm³/mol. The number of nitrogens with zero attached hydrogens (tertiary/aromatic N) is 2. The highest BCUT2D eigenvalue weighted by molar-refractivity contribution is 5.74. The standard InChI is InChI=1S/C10H11N2O.C2H6/c1-8-9(7-13)12-6-4-3-5-10(12)11(8)2;1-2/h3-7H,1-2H3;1-2H3/q+1;/i7T;. The summed E-state index contributed by atoms with van der Waals surface area (Å²) < 4.78 is 10.8. The van der Waals surface area contributed by atoms with Gasteiger partial charge in [-0.25, -0.2) is 4.57 Å². The van der Waals surface area contributed by atoms with E-state index >= 15 is 0 Å². The molecule has 0 aliphatic rings. The number of aromatic nitrogens is 2. The van der Waals surface area contributed by atoms with Gasteiger partial charge in [-0.1, -0.05) is 19.9 Å². The van der Waals surface area contributed by atoms with Crippen LogP contribution in [0, 0.1) is 6.92 Å². The molecule has 0 saturated carbocycles. The average Bonchev–Trinajstić information content (AvgIpc) is 2.55. The molecule has 0 radical (unpaired) electrons. The van der Waals surface area contributed by atoms with Gasteiger partial charge in [-0.2, -0.15) is 4.40 Å². The molecular formula is C12H17N2O+. The van der Waals surface area contributed by atoms with Crippen LogP contribution in [0.1, 0.15) is 31.4 Å². The summed E-state index contributed by atoms with van der Waals surface area (Å²) in [5.41, 5.74) is 2.17. The van der Waals surface area contributed by atoms with Crippen molar-refractivity contribution in [3.8, 4) is 0 Å². The summed E-state index contributed by atoms with van der Waals surface area (Å²) in [5.74, 6) is 0. The molecule has 0 N–H and O–H groups in total. The van der Waals surface area contributed by atoms with Crippen LogP contribution >= 0.6 is 0 Å². The van der Waals surface area contributed by atoms with Crippen LogP contribution in [0.2, 0.25) is 0 Å². The fraction of sp³-hybridized carbons (Fsp3) is 0.333. The van der Waals surface area contributed by atoms with Gasteiger partial charge in [0.25, 0.3) is 5.65 Å². The van der Waals surface area contributed by atoms with Gasteiger partial charge in [0.15, 0.2) is 12.0 Å². The van der Waals surface area contributed by atoms with Crippen molar-refractivity contribution >= 4 is 11.9 Å². The molecular weight excluding hydrogens is 188 g/mol. The van der Waals surface area contributed by atoms with Crippen molar-refractivity contribution in [3.05, 3.63) is 35.8 Å². The number of imidazole rings is 1. The van der Waals surface area contributed by atoms with E-state index in [1.54, 1.807) is 10.6 Å². The molecule has 0 saturated heterocycles. The monoisotopic (exact) mass is 207 g/mol. The second kappa shape index (κ2) is 4.73. The predicted octanol–water partition coefficient (Wildman–Crippen LogP) is 1.91. The Morgan fingerprint density at radius 2 is 2.13 bits per heavy atom. The van der Waals surface area contributed by atoms with Crippen LogP contribution in [0.15, 0.2) is 24.4 Å². The highest BCUT2D eigenvalue weighted by Crippen LogP contribution is 2.06. The maximum Gasteiger partial charge on any atom is 0.286 e. The number of hydrogen-bond acceptors (Lipinski definition) is 1. The number of pyridine rings is 1. The van der Waals surface area contributed by atoms with Crippen LogP contribution in [0.5, 0.6) is 0 Å². The molecule has 3 nitrogen and oxygen atoms in total. The van der Waals surface area contributed by atoms with Crippen molar-refractivity contribution in [3.63, 3.8) is 0 Å². The fourth-order valence-electron chi connectivity index (χ4n) is 1.52. The van der Waals surface area contributed by atoms with Crippen molar-refractivity contribution in [1.82, 2.24) is 4.40 Å². The van der Waals surface area contributed by atoms with Gasteiger partial charge in [-0.15, -0.1) is 0 Å². The van der Waals surface area contributed by atoms with Gasteiger partial charge in [0, 0.05) is 13.0 Å². The van der Waals surface area contributed by atoms with Gasteiger partial charge in [-0.05, 0) is 6.07 Å². The van der Waals surface area contributed by atoms with E-state index in [0.29, 0.717) is 5.69 Å². The Hall–Kier alpha value is -1.64. The fourth-order valence-corrected chi connectivity index (χ4v) is 1.52. The second-order valence-corrected chi connectivity index (χ2v) is 3.02. The van der Waals surface area contributed by atoms with Gasteiger partial charge in [-0.3, -0.25) is 4.79 Å². The minimum Gasteiger partial charge on any atom is -0.294 e. The Morgan fingerprint density at radius 3 is 2.73 bits per heavy atom. The Bertz CT molecular complexity index is 517. The third-order valence-corrected chi connectivity index (χ3v) is 2.37. The molecule has 3 heteroatoms. The summed E-state index contributed by atoms with van der Waals surface area (Å²) >= 11 is 0. The van der Waals surface area contributed by atoms with Crippen LogP contribution in [-0.4, -0.2) is 10.7 Å². The first-order chi connectivity index (χ1) is 7.63. The molecule has 0 aromatic carbocycles. The quantitative estimate of drug-likeness (QED) is 0.518. The first kappa shape index (κ1) is 9.90. The second-order valence-electron chi connectivity index (χ2n) is 3.02. The zero-order valence-corrected chi connectivity index (χ0v) is 9.61. The molecule has 2 rings (SSSR count). The number of aryl methyl sites for hydroxylation is 1. The maximum atomic E-state index is 11.1. The van der Waals surface area contributed by atoms with Crippen LogP contribution in [-0.2, 0) is 7.05 Å². The third kappa shape index (κ3) is 1.77. The van der Waals surface area contributed by atoms with Gasteiger partial charge in [0.1, 0.15) is 1.37 Å². The van der Waals surface area contributed by atoms with Gasteiger partial charge in [0.2, 0.25) is 5.69 Å². The molecule has 80 valence electrons. The van der Waals surface area contributed by atoms with E-state index in [4.69, 9.17) is 1.37 Å². The molecule has 0 fully saturated rings. The Balaban J connectivity index is 0.000000606. The van der Waals surface area contributed by atoms with Crippen LogP contribution in [0.4, 0.5) is 0 Å². The van der Waals surface area contributed by atoms with E-state index in [1.165, 1.54) is 0 Å². The van der Waals surface area contributed by atoms with Crippen molar-refractivity contribution in [2.45, 2.75) is 20.8 Å². The lowest BCUT2D eigenvalue weighted by Crippen LogP contribution is -2.29. The van der Waals surface area contributed by atoms with E-state index in [1.807, 2.05) is 50.6 Å². The number of hydrogen-bond donors (Lipinski definition) is 0. The van der Waals surface area contributed by atoms with E-state index in [0.717, 1.165) is 11.3 Å². The van der Waals surface area contributed by atoms with E-state index in [-0.39, 0.29) is 0 Å². The highest BCUT2D eigenvalue weighted by atomic mass is 16.1. The summed E-state index contributed by atoms with van der Waals surface area (Å²) in [7, 11) is 1.89. The van der Waals surface area contributed by atoms with Crippen molar-refractivity contribution < 1.29 is 10.7 Å².